The summed E-state index contributed by atoms with van der Waals surface area (Å²) in [6, 6.07) is 11.9. The van der Waals surface area contributed by atoms with Crippen molar-refractivity contribution in [3.8, 4) is 0 Å². The van der Waals surface area contributed by atoms with Crippen molar-refractivity contribution in [2.75, 3.05) is 5.32 Å². The molecule has 0 saturated carbocycles. The molecular weight excluding hydrogens is 286 g/mol. The standard InChI is InChI=1S/C20H21NO2/c1-12-5-6-13(2)18(7-12)21-11-16-10-20(22)23-19-9-15(4)14(3)8-17(16)19/h5-10,21H,11H2,1-4H3. The van der Waals surface area contributed by atoms with Crippen molar-refractivity contribution in [1.29, 1.82) is 0 Å². The van der Waals surface area contributed by atoms with Gasteiger partial charge in [-0.1, -0.05) is 12.1 Å². The maximum absolute atomic E-state index is 11.8. The molecule has 0 aliphatic heterocycles. The fourth-order valence-corrected chi connectivity index (χ4v) is 2.75. The van der Waals surface area contributed by atoms with Crippen LogP contribution < -0.4 is 10.9 Å². The van der Waals surface area contributed by atoms with E-state index in [-0.39, 0.29) is 5.63 Å². The lowest BCUT2D eigenvalue weighted by molar-refractivity contribution is 0.559. The maximum atomic E-state index is 11.8. The number of rotatable bonds is 3. The zero-order valence-electron chi connectivity index (χ0n) is 14.0. The average Bonchev–Trinajstić information content (AvgIpc) is 2.49. The molecule has 1 aromatic heterocycles. The van der Waals surface area contributed by atoms with E-state index >= 15 is 0 Å². The van der Waals surface area contributed by atoms with Crippen LogP contribution in [0.2, 0.25) is 0 Å². The van der Waals surface area contributed by atoms with Gasteiger partial charge in [-0.15, -0.1) is 0 Å². The third kappa shape index (κ3) is 3.14. The molecule has 0 bridgehead atoms. The first-order valence-electron chi connectivity index (χ1n) is 7.79. The van der Waals surface area contributed by atoms with Crippen LogP contribution in [-0.2, 0) is 6.54 Å². The van der Waals surface area contributed by atoms with Gasteiger partial charge in [-0.05, 0) is 73.7 Å². The summed E-state index contributed by atoms with van der Waals surface area (Å²) in [5.74, 6) is 0. The molecule has 3 heteroatoms. The molecule has 0 saturated heterocycles. The molecule has 0 aliphatic rings. The summed E-state index contributed by atoms with van der Waals surface area (Å²) in [7, 11) is 0. The zero-order chi connectivity index (χ0) is 16.6. The Morgan fingerprint density at radius 1 is 0.913 bits per heavy atom. The Hall–Kier alpha value is -2.55. The second-order valence-electron chi connectivity index (χ2n) is 6.20. The zero-order valence-corrected chi connectivity index (χ0v) is 14.0. The third-order valence-electron chi connectivity index (χ3n) is 4.31. The van der Waals surface area contributed by atoms with Gasteiger partial charge in [0.25, 0.3) is 0 Å². The van der Waals surface area contributed by atoms with Crippen LogP contribution in [0.3, 0.4) is 0 Å². The fourth-order valence-electron chi connectivity index (χ4n) is 2.75. The molecule has 0 unspecified atom stereocenters. The van der Waals surface area contributed by atoms with E-state index in [1.165, 1.54) is 16.7 Å². The van der Waals surface area contributed by atoms with Crippen molar-refractivity contribution in [2.24, 2.45) is 0 Å². The molecule has 23 heavy (non-hydrogen) atoms. The lowest BCUT2D eigenvalue weighted by atomic mass is 10.0. The third-order valence-corrected chi connectivity index (χ3v) is 4.31. The van der Waals surface area contributed by atoms with E-state index in [2.05, 4.69) is 50.4 Å². The minimum absolute atomic E-state index is 0.307. The minimum atomic E-state index is -0.307. The molecule has 1 heterocycles. The second kappa shape index (κ2) is 5.92. The fraction of sp³-hybridized carbons (Fsp3) is 0.250. The first-order chi connectivity index (χ1) is 10.9. The summed E-state index contributed by atoms with van der Waals surface area (Å²) < 4.78 is 5.35. The molecule has 0 aliphatic carbocycles. The molecule has 0 radical (unpaired) electrons. The van der Waals surface area contributed by atoms with E-state index in [1.54, 1.807) is 6.07 Å². The predicted molar refractivity (Wildman–Crippen MR) is 95.2 cm³/mol. The van der Waals surface area contributed by atoms with Crippen LogP contribution in [0.15, 0.2) is 45.6 Å². The largest absolute Gasteiger partial charge is 0.423 e. The summed E-state index contributed by atoms with van der Waals surface area (Å²) in [6.07, 6.45) is 0. The Bertz CT molecular complexity index is 938. The Balaban J connectivity index is 2.01. The van der Waals surface area contributed by atoms with Crippen LogP contribution in [0.1, 0.15) is 27.8 Å². The van der Waals surface area contributed by atoms with E-state index < -0.39 is 0 Å². The molecule has 0 atom stereocenters. The minimum Gasteiger partial charge on any atom is -0.423 e. The first kappa shape index (κ1) is 15.3. The molecule has 2 aromatic carbocycles. The molecule has 3 rings (SSSR count). The van der Waals surface area contributed by atoms with Crippen molar-refractivity contribution < 1.29 is 4.42 Å². The Labute approximate surface area is 136 Å². The topological polar surface area (TPSA) is 42.2 Å². The number of hydrogen-bond acceptors (Lipinski definition) is 3. The highest BCUT2D eigenvalue weighted by atomic mass is 16.4. The number of benzene rings is 2. The van der Waals surface area contributed by atoms with E-state index in [9.17, 15) is 4.79 Å². The number of nitrogens with one attached hydrogen (secondary N) is 1. The Morgan fingerprint density at radius 3 is 2.43 bits per heavy atom. The second-order valence-corrected chi connectivity index (χ2v) is 6.20. The van der Waals surface area contributed by atoms with Gasteiger partial charge in [0.2, 0.25) is 0 Å². The molecule has 0 fully saturated rings. The van der Waals surface area contributed by atoms with Crippen LogP contribution in [-0.4, -0.2) is 0 Å². The van der Waals surface area contributed by atoms with Gasteiger partial charge in [-0.2, -0.15) is 0 Å². The molecule has 3 nitrogen and oxygen atoms in total. The van der Waals surface area contributed by atoms with Crippen molar-refractivity contribution in [3.63, 3.8) is 0 Å². The van der Waals surface area contributed by atoms with Gasteiger partial charge in [0.15, 0.2) is 0 Å². The molecule has 0 amide bonds. The van der Waals surface area contributed by atoms with Gasteiger partial charge in [-0.3, -0.25) is 0 Å². The van der Waals surface area contributed by atoms with Crippen LogP contribution >= 0.6 is 0 Å². The summed E-state index contributed by atoms with van der Waals surface area (Å²) in [5, 5.41) is 4.43. The Kier molecular flexibility index (Phi) is 3.95. The monoisotopic (exact) mass is 307 g/mol. The van der Waals surface area contributed by atoms with Crippen LogP contribution in [0.5, 0.6) is 0 Å². The quantitative estimate of drug-likeness (QED) is 0.717. The van der Waals surface area contributed by atoms with Crippen molar-refractivity contribution in [1.82, 2.24) is 0 Å². The lowest BCUT2D eigenvalue weighted by Crippen LogP contribution is -2.07. The summed E-state index contributed by atoms with van der Waals surface area (Å²) in [4.78, 5) is 11.8. The van der Waals surface area contributed by atoms with Gasteiger partial charge in [0.05, 0.1) is 0 Å². The molecule has 1 N–H and O–H groups in total. The predicted octanol–water partition coefficient (Wildman–Crippen LogP) is 4.64. The molecule has 118 valence electrons. The lowest BCUT2D eigenvalue weighted by Gasteiger charge is -2.12. The van der Waals surface area contributed by atoms with Crippen molar-refractivity contribution in [3.05, 3.63) is 74.6 Å². The number of aryl methyl sites for hydroxylation is 4. The van der Waals surface area contributed by atoms with E-state index in [0.717, 1.165) is 22.2 Å². The maximum Gasteiger partial charge on any atom is 0.336 e. The van der Waals surface area contributed by atoms with Crippen LogP contribution in [0.25, 0.3) is 11.0 Å². The highest BCUT2D eigenvalue weighted by Crippen LogP contribution is 2.23. The SMILES string of the molecule is Cc1ccc(C)c(NCc2cc(=O)oc3cc(C)c(C)cc23)c1. The smallest absolute Gasteiger partial charge is 0.336 e. The molecular formula is C20H21NO2. The summed E-state index contributed by atoms with van der Waals surface area (Å²) in [6.45, 7) is 8.84. The molecule has 3 aromatic rings. The first-order valence-corrected chi connectivity index (χ1v) is 7.79. The van der Waals surface area contributed by atoms with Gasteiger partial charge in [0.1, 0.15) is 5.58 Å². The van der Waals surface area contributed by atoms with E-state index in [4.69, 9.17) is 4.42 Å². The van der Waals surface area contributed by atoms with Gasteiger partial charge < -0.3 is 9.73 Å². The van der Waals surface area contributed by atoms with Crippen LogP contribution in [0, 0.1) is 27.7 Å². The average molecular weight is 307 g/mol. The van der Waals surface area contributed by atoms with Crippen LogP contribution in [0.4, 0.5) is 5.69 Å². The Morgan fingerprint density at radius 2 is 1.65 bits per heavy atom. The van der Waals surface area contributed by atoms with E-state index in [1.807, 2.05) is 13.0 Å². The number of hydrogen-bond donors (Lipinski definition) is 1. The van der Waals surface area contributed by atoms with Crippen molar-refractivity contribution >= 4 is 16.7 Å². The molecule has 0 spiro atoms. The van der Waals surface area contributed by atoms with E-state index in [0.29, 0.717) is 12.1 Å². The number of fused-ring (bicyclic) bond motifs is 1. The summed E-state index contributed by atoms with van der Waals surface area (Å²) >= 11 is 0. The highest BCUT2D eigenvalue weighted by Gasteiger charge is 2.08. The van der Waals surface area contributed by atoms with Gasteiger partial charge in [-0.25, -0.2) is 4.79 Å². The summed E-state index contributed by atoms with van der Waals surface area (Å²) in [5.41, 5.74) is 7.11. The van der Waals surface area contributed by atoms with Gasteiger partial charge >= 0.3 is 5.63 Å². The van der Waals surface area contributed by atoms with Crippen molar-refractivity contribution in [2.45, 2.75) is 34.2 Å². The van der Waals surface area contributed by atoms with Gasteiger partial charge in [0, 0.05) is 23.7 Å². The highest BCUT2D eigenvalue weighted by molar-refractivity contribution is 5.82. The number of anilines is 1. The normalized spacial score (nSPS) is 11.0.